The molecule has 0 aliphatic carbocycles. The van der Waals surface area contributed by atoms with Crippen LogP contribution >= 0.6 is 27.7 Å². The third-order valence-corrected chi connectivity index (χ3v) is 5.15. The van der Waals surface area contributed by atoms with E-state index in [2.05, 4.69) is 37.3 Å². The number of rotatable bonds is 5. The average molecular weight is 427 g/mol. The Hall–Kier alpha value is -2.56. The number of H-pyrrole nitrogens is 1. The first-order valence-corrected chi connectivity index (χ1v) is 9.51. The number of imidazole rings is 1. The van der Waals surface area contributed by atoms with Crippen LogP contribution in [0, 0.1) is 11.3 Å². The van der Waals surface area contributed by atoms with E-state index in [0.29, 0.717) is 16.4 Å². The van der Waals surface area contributed by atoms with E-state index in [9.17, 15) is 4.79 Å². The average Bonchev–Trinajstić information content (AvgIpc) is 3.11. The summed E-state index contributed by atoms with van der Waals surface area (Å²) in [4.78, 5) is 19.9. The van der Waals surface area contributed by atoms with Gasteiger partial charge in [-0.15, -0.1) is 0 Å². The highest BCUT2D eigenvalue weighted by Crippen LogP contribution is 2.26. The fourth-order valence-electron chi connectivity index (χ4n) is 2.27. The highest BCUT2D eigenvalue weighted by atomic mass is 79.9. The number of carbonyl (C=O) groups excluding carboxylic acids is 1. The Bertz CT molecular complexity index is 962. The first-order chi connectivity index (χ1) is 12.5. The van der Waals surface area contributed by atoms with E-state index in [4.69, 9.17) is 5.26 Å². The Balaban J connectivity index is 1.64. The number of carbonyl (C=O) groups is 1. The molecule has 2 N–H and O–H groups in total. The molecule has 0 saturated carbocycles. The van der Waals surface area contributed by atoms with Gasteiger partial charge in [0.05, 0.1) is 28.8 Å². The highest BCUT2D eigenvalue weighted by Gasteiger charge is 2.17. The number of hydrogen-bond acceptors (Lipinski definition) is 4. The molecule has 5 nitrogen and oxygen atoms in total. The van der Waals surface area contributed by atoms with Gasteiger partial charge in [-0.2, -0.15) is 5.26 Å². The van der Waals surface area contributed by atoms with Gasteiger partial charge >= 0.3 is 0 Å². The van der Waals surface area contributed by atoms with Gasteiger partial charge in [-0.1, -0.05) is 45.9 Å². The SMILES string of the molecule is CC(Sc1ncc(-c2ccc(Br)cc2)[nH]1)C(=O)Nc1cccc(C#N)c1. The third-order valence-electron chi connectivity index (χ3n) is 3.62. The molecule has 3 aromatic rings. The molecular weight excluding hydrogens is 412 g/mol. The van der Waals surface area contributed by atoms with Gasteiger partial charge in [-0.25, -0.2) is 4.98 Å². The zero-order chi connectivity index (χ0) is 18.5. The predicted molar refractivity (Wildman–Crippen MR) is 107 cm³/mol. The molecule has 1 heterocycles. The summed E-state index contributed by atoms with van der Waals surface area (Å²) >= 11 is 4.76. The number of thioether (sulfide) groups is 1. The van der Waals surface area contributed by atoms with Crippen LogP contribution in [-0.2, 0) is 4.79 Å². The van der Waals surface area contributed by atoms with Crippen molar-refractivity contribution < 1.29 is 4.79 Å². The summed E-state index contributed by atoms with van der Waals surface area (Å²) in [5.74, 6) is -0.147. The number of aromatic nitrogens is 2. The molecule has 0 saturated heterocycles. The topological polar surface area (TPSA) is 81.6 Å². The fourth-order valence-corrected chi connectivity index (χ4v) is 3.32. The molecular formula is C19H15BrN4OS. The van der Waals surface area contributed by atoms with Gasteiger partial charge in [-0.3, -0.25) is 4.79 Å². The number of hydrogen-bond donors (Lipinski definition) is 2. The monoisotopic (exact) mass is 426 g/mol. The van der Waals surface area contributed by atoms with E-state index >= 15 is 0 Å². The number of halogens is 1. The van der Waals surface area contributed by atoms with Gasteiger partial charge in [0, 0.05) is 10.2 Å². The molecule has 0 radical (unpaired) electrons. The Morgan fingerprint density at radius 2 is 2.08 bits per heavy atom. The molecule has 26 heavy (non-hydrogen) atoms. The largest absolute Gasteiger partial charge is 0.333 e. The molecule has 1 aromatic heterocycles. The Kier molecular flexibility index (Phi) is 5.76. The van der Waals surface area contributed by atoms with Crippen molar-refractivity contribution >= 4 is 39.3 Å². The minimum atomic E-state index is -0.343. The number of anilines is 1. The van der Waals surface area contributed by atoms with E-state index in [1.54, 1.807) is 30.5 Å². The number of nitriles is 1. The van der Waals surface area contributed by atoms with Gasteiger partial charge < -0.3 is 10.3 Å². The van der Waals surface area contributed by atoms with Crippen LogP contribution in [0.1, 0.15) is 12.5 Å². The first-order valence-electron chi connectivity index (χ1n) is 7.84. The van der Waals surface area contributed by atoms with Crippen molar-refractivity contribution in [3.05, 3.63) is 64.8 Å². The second kappa shape index (κ2) is 8.21. The van der Waals surface area contributed by atoms with E-state index in [-0.39, 0.29) is 11.2 Å². The molecule has 1 amide bonds. The van der Waals surface area contributed by atoms with E-state index in [1.165, 1.54) is 11.8 Å². The van der Waals surface area contributed by atoms with Crippen molar-refractivity contribution in [3.8, 4) is 17.3 Å². The van der Waals surface area contributed by atoms with Crippen molar-refractivity contribution in [2.24, 2.45) is 0 Å². The van der Waals surface area contributed by atoms with Crippen molar-refractivity contribution in [2.45, 2.75) is 17.3 Å². The maximum absolute atomic E-state index is 12.4. The minimum absolute atomic E-state index is 0.147. The van der Waals surface area contributed by atoms with Crippen LogP contribution in [0.25, 0.3) is 11.3 Å². The lowest BCUT2D eigenvalue weighted by Gasteiger charge is -2.10. The van der Waals surface area contributed by atoms with Gasteiger partial charge in [0.15, 0.2) is 5.16 Å². The molecule has 0 bridgehead atoms. The molecule has 0 aliphatic rings. The first kappa shape index (κ1) is 18.2. The highest BCUT2D eigenvalue weighted by molar-refractivity contribution is 9.10. The number of amides is 1. The lowest BCUT2D eigenvalue weighted by molar-refractivity contribution is -0.115. The van der Waals surface area contributed by atoms with Crippen LogP contribution in [0.3, 0.4) is 0 Å². The van der Waals surface area contributed by atoms with Crippen LogP contribution in [0.2, 0.25) is 0 Å². The fraction of sp³-hybridized carbons (Fsp3) is 0.105. The van der Waals surface area contributed by atoms with Crippen LogP contribution < -0.4 is 5.32 Å². The molecule has 1 unspecified atom stereocenters. The quantitative estimate of drug-likeness (QED) is 0.572. The third kappa shape index (κ3) is 4.54. The maximum atomic E-state index is 12.4. The van der Waals surface area contributed by atoms with Gasteiger partial charge in [0.1, 0.15) is 0 Å². The summed E-state index contributed by atoms with van der Waals surface area (Å²) in [6, 6.07) is 16.8. The zero-order valence-electron chi connectivity index (χ0n) is 13.9. The van der Waals surface area contributed by atoms with Crippen LogP contribution in [0.15, 0.2) is 64.4 Å². The van der Waals surface area contributed by atoms with Crippen LogP contribution in [0.4, 0.5) is 5.69 Å². The molecule has 0 fully saturated rings. The lowest BCUT2D eigenvalue weighted by Crippen LogP contribution is -2.22. The summed E-state index contributed by atoms with van der Waals surface area (Å²) in [6.45, 7) is 1.82. The van der Waals surface area contributed by atoms with Crippen molar-refractivity contribution in [1.82, 2.24) is 9.97 Å². The molecule has 3 rings (SSSR count). The normalized spacial score (nSPS) is 11.6. The lowest BCUT2D eigenvalue weighted by atomic mass is 10.2. The van der Waals surface area contributed by atoms with E-state index < -0.39 is 0 Å². The summed E-state index contributed by atoms with van der Waals surface area (Å²) in [5, 5.41) is 12.1. The van der Waals surface area contributed by atoms with E-state index in [0.717, 1.165) is 15.7 Å². The number of nitrogens with one attached hydrogen (secondary N) is 2. The van der Waals surface area contributed by atoms with E-state index in [1.807, 2.05) is 31.2 Å². The zero-order valence-corrected chi connectivity index (χ0v) is 16.3. The molecule has 2 aromatic carbocycles. The summed E-state index contributed by atoms with van der Waals surface area (Å²) in [5.41, 5.74) is 3.04. The second-order valence-electron chi connectivity index (χ2n) is 5.55. The smallest absolute Gasteiger partial charge is 0.237 e. The minimum Gasteiger partial charge on any atom is -0.333 e. The number of nitrogens with zero attached hydrogens (tertiary/aromatic N) is 2. The summed E-state index contributed by atoms with van der Waals surface area (Å²) < 4.78 is 1.01. The second-order valence-corrected chi connectivity index (χ2v) is 7.80. The Morgan fingerprint density at radius 1 is 1.31 bits per heavy atom. The summed E-state index contributed by atoms with van der Waals surface area (Å²) in [7, 11) is 0. The molecule has 130 valence electrons. The predicted octanol–water partition coefficient (Wildman–Crippen LogP) is 4.83. The number of aromatic amines is 1. The van der Waals surface area contributed by atoms with Crippen molar-refractivity contribution in [1.29, 1.82) is 5.26 Å². The number of benzene rings is 2. The van der Waals surface area contributed by atoms with Crippen molar-refractivity contribution in [2.75, 3.05) is 5.32 Å². The van der Waals surface area contributed by atoms with Crippen LogP contribution in [-0.4, -0.2) is 21.1 Å². The van der Waals surface area contributed by atoms with Gasteiger partial charge in [-0.05, 0) is 42.8 Å². The van der Waals surface area contributed by atoms with Gasteiger partial charge in [0.25, 0.3) is 0 Å². The molecule has 0 spiro atoms. The summed E-state index contributed by atoms with van der Waals surface area (Å²) in [6.07, 6.45) is 1.76. The molecule has 7 heteroatoms. The van der Waals surface area contributed by atoms with Gasteiger partial charge in [0.2, 0.25) is 5.91 Å². The molecule has 1 atom stereocenters. The molecule has 0 aliphatic heterocycles. The standard InChI is InChI=1S/C19H15BrN4OS/c1-12(18(25)23-16-4-2-3-13(9-16)10-21)26-19-22-11-17(24-19)14-5-7-15(20)8-6-14/h2-9,11-12H,1H3,(H,22,24)(H,23,25). The Labute approximate surface area is 164 Å². The van der Waals surface area contributed by atoms with Crippen molar-refractivity contribution in [3.63, 3.8) is 0 Å². The maximum Gasteiger partial charge on any atom is 0.237 e. The van der Waals surface area contributed by atoms with Crippen LogP contribution in [0.5, 0.6) is 0 Å². The Morgan fingerprint density at radius 3 is 2.81 bits per heavy atom.